The van der Waals surface area contributed by atoms with Gasteiger partial charge in [0, 0.05) is 63.8 Å². The maximum absolute atomic E-state index is 15.4. The Morgan fingerprint density at radius 1 is 1.05 bits per heavy atom. The van der Waals surface area contributed by atoms with Crippen LogP contribution in [0.1, 0.15) is 23.6 Å². The molecule has 0 amide bonds. The maximum Gasteiger partial charge on any atom is 0.329 e. The molecule has 1 N–H and O–H groups in total. The molecule has 202 valence electrons. The summed E-state index contributed by atoms with van der Waals surface area (Å²) < 4.78 is 48.7. The Morgan fingerprint density at radius 2 is 1.87 bits per heavy atom. The Hall–Kier alpha value is -4.46. The highest BCUT2D eigenvalue weighted by atomic mass is 19.3. The summed E-state index contributed by atoms with van der Waals surface area (Å²) in [4.78, 5) is 21.7. The molecule has 0 unspecified atom stereocenters. The van der Waals surface area contributed by atoms with Crippen LogP contribution < -0.4 is 10.6 Å². The summed E-state index contributed by atoms with van der Waals surface area (Å²) in [5, 5.41) is 13.7. The fraction of sp³-hybridized carbons (Fsp3) is 0.320. The van der Waals surface area contributed by atoms with E-state index < -0.39 is 18.1 Å². The third-order valence-corrected chi connectivity index (χ3v) is 6.91. The normalized spacial score (nSPS) is 14.6. The van der Waals surface area contributed by atoms with Crippen molar-refractivity contribution in [2.24, 2.45) is 7.05 Å². The average Bonchev–Trinajstić information content (AvgIpc) is 3.68. The summed E-state index contributed by atoms with van der Waals surface area (Å²) >= 11 is 0. The zero-order chi connectivity index (χ0) is 27.1. The second-order valence-corrected chi connectivity index (χ2v) is 9.37. The van der Waals surface area contributed by atoms with Gasteiger partial charge in [-0.3, -0.25) is 24.1 Å². The number of benzene rings is 1. The molecule has 0 atom stereocenters. The summed E-state index contributed by atoms with van der Waals surface area (Å²) in [6.45, 7) is 3.74. The molecular weight excluding hydrogens is 515 g/mol. The molecule has 4 aromatic heterocycles. The number of aromatic nitrogens is 7. The first-order valence-electron chi connectivity index (χ1n) is 12.3. The Labute approximate surface area is 219 Å². The molecule has 5 heterocycles. The van der Waals surface area contributed by atoms with Crippen LogP contribution in [0.5, 0.6) is 0 Å². The van der Waals surface area contributed by atoms with Gasteiger partial charge in [-0.25, -0.2) is 9.18 Å². The predicted molar refractivity (Wildman–Crippen MR) is 135 cm³/mol. The molecule has 11 nitrogen and oxygen atoms in total. The number of aromatic amines is 1. The molecule has 1 aliphatic rings. The van der Waals surface area contributed by atoms with Crippen molar-refractivity contribution in [2.75, 3.05) is 31.1 Å². The van der Waals surface area contributed by atoms with Gasteiger partial charge in [-0.05, 0) is 18.2 Å². The lowest BCUT2D eigenvalue weighted by Crippen LogP contribution is -2.46. The van der Waals surface area contributed by atoms with Gasteiger partial charge in [0.1, 0.15) is 5.82 Å². The lowest BCUT2D eigenvalue weighted by Gasteiger charge is -2.36. The molecule has 1 aromatic carbocycles. The third-order valence-electron chi connectivity index (χ3n) is 6.91. The highest BCUT2D eigenvalue weighted by molar-refractivity contribution is 5.81. The lowest BCUT2D eigenvalue weighted by molar-refractivity contribution is 0.116. The molecule has 1 saturated heterocycles. The van der Waals surface area contributed by atoms with E-state index in [1.165, 1.54) is 21.4 Å². The van der Waals surface area contributed by atoms with Gasteiger partial charge in [-0.15, -0.1) is 10.2 Å². The molecular formula is C25H24F3N9O2. The zero-order valence-electron chi connectivity index (χ0n) is 20.9. The van der Waals surface area contributed by atoms with Gasteiger partial charge in [0.15, 0.2) is 0 Å². The van der Waals surface area contributed by atoms with Crippen LogP contribution in [0.3, 0.4) is 0 Å². The molecule has 14 heteroatoms. The van der Waals surface area contributed by atoms with Crippen molar-refractivity contribution in [1.82, 2.24) is 39.4 Å². The van der Waals surface area contributed by atoms with Gasteiger partial charge >= 0.3 is 12.1 Å². The minimum absolute atomic E-state index is 0.0800. The summed E-state index contributed by atoms with van der Waals surface area (Å²) in [6.07, 6.45) is 2.21. The average molecular weight is 540 g/mol. The second kappa shape index (κ2) is 10.0. The summed E-state index contributed by atoms with van der Waals surface area (Å²) in [6, 6.07) is 6.33. The Morgan fingerprint density at radius 3 is 2.54 bits per heavy atom. The van der Waals surface area contributed by atoms with Crippen molar-refractivity contribution < 1.29 is 17.6 Å². The first-order chi connectivity index (χ1) is 18.9. The number of nitrogens with one attached hydrogen (secondary N) is 1. The number of pyridine rings is 1. The summed E-state index contributed by atoms with van der Waals surface area (Å²) in [5.74, 6) is -1.25. The van der Waals surface area contributed by atoms with Crippen LogP contribution in [0, 0.1) is 5.82 Å². The SMILES string of the molecule is Cn1c(=O)n(Cc2ccc(-c3nnc(C(F)F)o3)cn2)c2cc(F)c(N3CCN(Cc4cn[nH]c4)CC3)cc21. The number of H-pyrrole nitrogens is 1. The van der Waals surface area contributed by atoms with Gasteiger partial charge in [-0.2, -0.15) is 13.9 Å². The number of hydrogen-bond donors (Lipinski definition) is 1. The number of halogens is 3. The van der Waals surface area contributed by atoms with Crippen molar-refractivity contribution in [3.05, 3.63) is 76.3 Å². The van der Waals surface area contributed by atoms with Gasteiger partial charge in [-0.1, -0.05) is 0 Å². The molecule has 1 aliphatic heterocycles. The highest BCUT2D eigenvalue weighted by Gasteiger charge is 2.23. The number of imidazole rings is 1. The van der Waals surface area contributed by atoms with E-state index in [4.69, 9.17) is 4.42 Å². The Balaban J connectivity index is 1.21. The van der Waals surface area contributed by atoms with E-state index in [0.717, 1.165) is 25.2 Å². The molecule has 0 saturated carbocycles. The Bertz CT molecular complexity index is 1650. The lowest BCUT2D eigenvalue weighted by atomic mass is 10.2. The smallest absolute Gasteiger partial charge is 0.329 e. The standard InChI is InChI=1S/C25H24F3N9O2/c1-34-20-9-19(36-6-4-35(5-7-36)13-15-10-30-31-11-15)18(26)8-21(20)37(25(34)38)14-17-3-2-16(12-29-17)23-32-33-24(39-23)22(27)28/h2-3,8-12,22H,4-7,13-14H2,1H3,(H,30,31). The maximum atomic E-state index is 15.4. The number of piperazine rings is 1. The van der Waals surface area contributed by atoms with E-state index in [1.54, 1.807) is 31.4 Å². The Kier molecular flexibility index (Phi) is 6.38. The van der Waals surface area contributed by atoms with Crippen molar-refractivity contribution in [3.8, 4) is 11.5 Å². The van der Waals surface area contributed by atoms with Crippen LogP contribution in [0.2, 0.25) is 0 Å². The number of alkyl halides is 2. The molecule has 39 heavy (non-hydrogen) atoms. The van der Waals surface area contributed by atoms with E-state index in [2.05, 4.69) is 30.3 Å². The van der Waals surface area contributed by atoms with E-state index in [1.807, 2.05) is 11.1 Å². The van der Waals surface area contributed by atoms with Crippen LogP contribution in [-0.4, -0.2) is 65.6 Å². The van der Waals surface area contributed by atoms with E-state index in [9.17, 15) is 13.6 Å². The zero-order valence-corrected chi connectivity index (χ0v) is 20.9. The van der Waals surface area contributed by atoms with Crippen LogP contribution in [0.15, 0.2) is 52.1 Å². The molecule has 0 aliphatic carbocycles. The van der Waals surface area contributed by atoms with Crippen molar-refractivity contribution in [1.29, 1.82) is 0 Å². The fourth-order valence-electron chi connectivity index (χ4n) is 4.82. The summed E-state index contributed by atoms with van der Waals surface area (Å²) in [7, 11) is 1.65. The van der Waals surface area contributed by atoms with Crippen LogP contribution >= 0.6 is 0 Å². The van der Waals surface area contributed by atoms with Crippen molar-refractivity contribution in [2.45, 2.75) is 19.5 Å². The highest BCUT2D eigenvalue weighted by Crippen LogP contribution is 2.28. The fourth-order valence-corrected chi connectivity index (χ4v) is 4.82. The summed E-state index contributed by atoms with van der Waals surface area (Å²) in [5.41, 5.74) is 3.20. The van der Waals surface area contributed by atoms with Crippen LogP contribution in [0.25, 0.3) is 22.5 Å². The number of nitrogens with zero attached hydrogens (tertiary/aromatic N) is 8. The van der Waals surface area contributed by atoms with Crippen molar-refractivity contribution >= 4 is 16.7 Å². The quantitative estimate of drug-likeness (QED) is 0.336. The molecule has 0 bridgehead atoms. The second-order valence-electron chi connectivity index (χ2n) is 9.37. The van der Waals surface area contributed by atoms with Gasteiger partial charge in [0.25, 0.3) is 5.89 Å². The molecule has 5 aromatic rings. The van der Waals surface area contributed by atoms with E-state index in [0.29, 0.717) is 41.1 Å². The van der Waals surface area contributed by atoms with Crippen LogP contribution in [-0.2, 0) is 20.1 Å². The molecule has 0 radical (unpaired) electrons. The largest absolute Gasteiger partial charge is 0.415 e. The molecule has 0 spiro atoms. The predicted octanol–water partition coefficient (Wildman–Crippen LogP) is 2.96. The first-order valence-corrected chi connectivity index (χ1v) is 12.3. The molecule has 6 rings (SSSR count). The minimum atomic E-state index is -2.87. The minimum Gasteiger partial charge on any atom is -0.415 e. The van der Waals surface area contributed by atoms with Crippen LogP contribution in [0.4, 0.5) is 18.9 Å². The van der Waals surface area contributed by atoms with E-state index in [-0.39, 0.29) is 18.1 Å². The van der Waals surface area contributed by atoms with Gasteiger partial charge in [0.2, 0.25) is 5.89 Å². The first kappa shape index (κ1) is 24.9. The topological polar surface area (TPSA) is 114 Å². The number of anilines is 1. The van der Waals surface area contributed by atoms with Gasteiger partial charge in [0.05, 0.1) is 40.7 Å². The monoisotopic (exact) mass is 539 g/mol. The van der Waals surface area contributed by atoms with Gasteiger partial charge < -0.3 is 9.32 Å². The van der Waals surface area contributed by atoms with Crippen molar-refractivity contribution in [3.63, 3.8) is 0 Å². The third kappa shape index (κ3) is 4.78. The molecule has 1 fully saturated rings. The number of aryl methyl sites for hydroxylation is 1. The number of hydrogen-bond acceptors (Lipinski definition) is 8. The number of rotatable bonds is 7. The van der Waals surface area contributed by atoms with E-state index >= 15 is 4.39 Å². The number of fused-ring (bicyclic) bond motifs is 1.